The van der Waals surface area contributed by atoms with Gasteiger partial charge in [-0.2, -0.15) is 15.0 Å². The second-order valence-corrected chi connectivity index (χ2v) is 3.03. The quantitative estimate of drug-likeness (QED) is 0.509. The van der Waals surface area contributed by atoms with Gasteiger partial charge in [0.05, 0.1) is 0 Å². The molecule has 0 aliphatic heterocycles. The summed E-state index contributed by atoms with van der Waals surface area (Å²) in [7, 11) is 3.08. The van der Waals surface area contributed by atoms with Crippen LogP contribution in [0.5, 0.6) is 0 Å². The highest BCUT2D eigenvalue weighted by Gasteiger charge is 2.11. The van der Waals surface area contributed by atoms with Crippen molar-refractivity contribution in [2.45, 2.75) is 0 Å². The molecular weight excluding hydrogens is 228 g/mol. The molecule has 1 rings (SSSR count). The molecule has 0 saturated heterocycles. The summed E-state index contributed by atoms with van der Waals surface area (Å²) in [5, 5.41) is 11.3. The summed E-state index contributed by atoms with van der Waals surface area (Å²) in [4.78, 5) is 13.4. The van der Waals surface area contributed by atoms with Gasteiger partial charge in [0.25, 0.3) is 0 Å². The molecule has 0 unspecified atom stereocenters. The van der Waals surface area contributed by atoms with Gasteiger partial charge >= 0.3 is 0 Å². The van der Waals surface area contributed by atoms with E-state index in [0.29, 0.717) is 5.95 Å². The van der Waals surface area contributed by atoms with Gasteiger partial charge in [-0.3, -0.25) is 4.90 Å². The van der Waals surface area contributed by atoms with E-state index >= 15 is 0 Å². The molecule has 0 saturated carbocycles. The second kappa shape index (κ2) is 6.78. The van der Waals surface area contributed by atoms with Crippen molar-refractivity contribution in [1.29, 1.82) is 0 Å². The first-order valence-corrected chi connectivity index (χ1v) is 4.80. The van der Waals surface area contributed by atoms with E-state index in [4.69, 9.17) is 20.3 Å². The zero-order chi connectivity index (χ0) is 12.7. The van der Waals surface area contributed by atoms with Gasteiger partial charge in [-0.05, 0) is 0 Å². The lowest BCUT2D eigenvalue weighted by Crippen LogP contribution is -2.30. The zero-order valence-corrected chi connectivity index (χ0v) is 9.75. The Morgan fingerprint density at radius 1 is 1.24 bits per heavy atom. The van der Waals surface area contributed by atoms with Gasteiger partial charge in [0.2, 0.25) is 17.8 Å². The summed E-state index contributed by atoms with van der Waals surface area (Å²) in [6.07, 6.45) is 0. The summed E-state index contributed by atoms with van der Waals surface area (Å²) in [6, 6.07) is 0. The monoisotopic (exact) mass is 244 g/mol. The molecule has 9 heteroatoms. The average molecular weight is 244 g/mol. The number of nitrogens with zero attached hydrogens (tertiary/aromatic N) is 4. The maximum atomic E-state index is 8.73. The number of hydrogen-bond acceptors (Lipinski definition) is 9. The minimum absolute atomic E-state index is 0.0446. The molecule has 0 radical (unpaired) electrons. The normalized spacial score (nSPS) is 10.3. The number of rotatable bonds is 7. The van der Waals surface area contributed by atoms with E-state index in [2.05, 4.69) is 20.3 Å². The third-order valence-electron chi connectivity index (χ3n) is 1.73. The number of aliphatic hydroxyl groups excluding tert-OH is 1. The largest absolute Gasteiger partial charge is 0.376 e. The summed E-state index contributed by atoms with van der Waals surface area (Å²) in [5.41, 5.74) is 5.53. The topological polar surface area (TPSA) is 119 Å². The van der Waals surface area contributed by atoms with Gasteiger partial charge < -0.3 is 25.6 Å². The van der Waals surface area contributed by atoms with Crippen molar-refractivity contribution in [3.05, 3.63) is 0 Å². The van der Waals surface area contributed by atoms with Crippen LogP contribution < -0.4 is 16.0 Å². The molecule has 0 aliphatic carbocycles. The third-order valence-corrected chi connectivity index (χ3v) is 1.73. The Morgan fingerprint density at radius 3 is 2.41 bits per heavy atom. The van der Waals surface area contributed by atoms with Crippen LogP contribution in [0.3, 0.4) is 0 Å². The number of nitrogens with two attached hydrogens (primary N) is 1. The molecule has 0 spiro atoms. The standard InChI is InChI=1S/C8H16N6O3/c1-16-4-14(5-17-2)8-12-6(9)11-7(13-8)10-3-15/h15H,3-5H2,1-2H3,(H3,9,10,11,12,13). The Bertz CT molecular complexity index is 344. The molecule has 0 amide bonds. The van der Waals surface area contributed by atoms with Gasteiger partial charge in [0, 0.05) is 14.2 Å². The van der Waals surface area contributed by atoms with E-state index in [9.17, 15) is 0 Å². The summed E-state index contributed by atoms with van der Waals surface area (Å²) in [5.74, 6) is 0.535. The number of ether oxygens (including phenoxy) is 2. The van der Waals surface area contributed by atoms with Gasteiger partial charge in [0.1, 0.15) is 20.2 Å². The summed E-state index contributed by atoms with van der Waals surface area (Å²) < 4.78 is 9.97. The zero-order valence-electron chi connectivity index (χ0n) is 9.75. The molecule has 1 aromatic heterocycles. The highest BCUT2D eigenvalue weighted by molar-refractivity contribution is 5.41. The van der Waals surface area contributed by atoms with E-state index < -0.39 is 0 Å². The molecule has 0 aromatic carbocycles. The molecule has 0 bridgehead atoms. The first kappa shape index (κ1) is 13.4. The van der Waals surface area contributed by atoms with Crippen LogP contribution in [0.1, 0.15) is 0 Å². The van der Waals surface area contributed by atoms with Crippen LogP contribution in [0.4, 0.5) is 17.8 Å². The highest BCUT2D eigenvalue weighted by Crippen LogP contribution is 2.11. The predicted octanol–water partition coefficient (Wildman–Crippen LogP) is -1.17. The van der Waals surface area contributed by atoms with Crippen LogP contribution in [0.15, 0.2) is 0 Å². The molecule has 17 heavy (non-hydrogen) atoms. The Balaban J connectivity index is 2.92. The third kappa shape index (κ3) is 3.98. The lowest BCUT2D eigenvalue weighted by molar-refractivity contribution is 0.139. The minimum atomic E-state index is -0.294. The van der Waals surface area contributed by atoms with Crippen molar-refractivity contribution in [3.8, 4) is 0 Å². The van der Waals surface area contributed by atoms with Gasteiger partial charge in [-0.1, -0.05) is 0 Å². The Kier molecular flexibility index (Phi) is 5.33. The number of aromatic nitrogens is 3. The van der Waals surface area contributed by atoms with E-state index in [-0.39, 0.29) is 32.1 Å². The lowest BCUT2D eigenvalue weighted by atomic mass is 10.7. The van der Waals surface area contributed by atoms with E-state index in [1.165, 1.54) is 0 Å². The second-order valence-electron chi connectivity index (χ2n) is 3.03. The fourth-order valence-electron chi connectivity index (χ4n) is 1.14. The van der Waals surface area contributed by atoms with Crippen LogP contribution in [0, 0.1) is 0 Å². The number of nitrogens with one attached hydrogen (secondary N) is 1. The number of nitrogen functional groups attached to an aromatic ring is 1. The van der Waals surface area contributed by atoms with Crippen molar-refractivity contribution in [1.82, 2.24) is 15.0 Å². The number of anilines is 3. The SMILES string of the molecule is COCN(COC)c1nc(N)nc(NCO)n1. The molecule has 0 fully saturated rings. The Morgan fingerprint density at radius 2 is 1.88 bits per heavy atom. The van der Waals surface area contributed by atoms with Crippen molar-refractivity contribution >= 4 is 17.8 Å². The molecule has 0 atom stereocenters. The smallest absolute Gasteiger partial charge is 0.235 e. The minimum Gasteiger partial charge on any atom is -0.376 e. The molecule has 1 heterocycles. The van der Waals surface area contributed by atoms with Gasteiger partial charge in [-0.25, -0.2) is 0 Å². The average Bonchev–Trinajstić information content (AvgIpc) is 2.28. The molecule has 96 valence electrons. The summed E-state index contributed by atoms with van der Waals surface area (Å²) >= 11 is 0. The first-order chi connectivity index (χ1) is 8.21. The van der Waals surface area contributed by atoms with Crippen LogP contribution in [-0.4, -0.2) is 54.5 Å². The fourth-order valence-corrected chi connectivity index (χ4v) is 1.14. The van der Waals surface area contributed by atoms with Crippen molar-refractivity contribution in [2.24, 2.45) is 0 Å². The Hall–Kier alpha value is -1.71. The molecule has 1 aromatic rings. The van der Waals surface area contributed by atoms with Crippen molar-refractivity contribution < 1.29 is 14.6 Å². The maximum absolute atomic E-state index is 8.73. The van der Waals surface area contributed by atoms with Gasteiger partial charge in [-0.15, -0.1) is 0 Å². The van der Waals surface area contributed by atoms with Gasteiger partial charge in [0.15, 0.2) is 0 Å². The van der Waals surface area contributed by atoms with E-state index in [0.717, 1.165) is 0 Å². The number of hydrogen-bond donors (Lipinski definition) is 3. The highest BCUT2D eigenvalue weighted by atomic mass is 16.5. The van der Waals surface area contributed by atoms with Crippen molar-refractivity contribution in [3.63, 3.8) is 0 Å². The van der Waals surface area contributed by atoms with E-state index in [1.54, 1.807) is 19.1 Å². The summed E-state index contributed by atoms with van der Waals surface area (Å²) in [6.45, 7) is 0.198. The first-order valence-electron chi connectivity index (χ1n) is 4.80. The molecule has 0 aliphatic rings. The van der Waals surface area contributed by atoms with Crippen LogP contribution in [-0.2, 0) is 9.47 Å². The lowest BCUT2D eigenvalue weighted by Gasteiger charge is -2.20. The van der Waals surface area contributed by atoms with E-state index in [1.807, 2.05) is 0 Å². The maximum Gasteiger partial charge on any atom is 0.235 e. The van der Waals surface area contributed by atoms with Crippen LogP contribution in [0.25, 0.3) is 0 Å². The van der Waals surface area contributed by atoms with Crippen LogP contribution >= 0.6 is 0 Å². The molecule has 9 nitrogen and oxygen atoms in total. The fraction of sp³-hybridized carbons (Fsp3) is 0.625. The van der Waals surface area contributed by atoms with Crippen molar-refractivity contribution in [2.75, 3.05) is 50.4 Å². The molecular formula is C8H16N6O3. The number of aliphatic hydroxyl groups is 1. The predicted molar refractivity (Wildman–Crippen MR) is 61.2 cm³/mol. The Labute approximate surface area is 98.6 Å². The van der Waals surface area contributed by atoms with Crippen LogP contribution in [0.2, 0.25) is 0 Å². The number of methoxy groups -OCH3 is 2. The molecule has 4 N–H and O–H groups in total.